The summed E-state index contributed by atoms with van der Waals surface area (Å²) in [6, 6.07) is 18.0. The van der Waals surface area contributed by atoms with E-state index in [4.69, 9.17) is 4.74 Å². The molecule has 2 aromatic carbocycles. The Morgan fingerprint density at radius 1 is 1.00 bits per heavy atom. The molecular weight excluding hydrogens is 398 g/mol. The number of benzene rings is 2. The van der Waals surface area contributed by atoms with Gasteiger partial charge in [0.15, 0.2) is 11.0 Å². The fourth-order valence-corrected chi connectivity index (χ4v) is 4.32. The molecule has 1 fully saturated rings. The molecule has 3 aromatic rings. The van der Waals surface area contributed by atoms with Gasteiger partial charge in [0.05, 0.1) is 12.9 Å². The van der Waals surface area contributed by atoms with E-state index in [1.54, 1.807) is 7.11 Å². The Morgan fingerprint density at radius 2 is 1.70 bits per heavy atom. The van der Waals surface area contributed by atoms with Crippen molar-refractivity contribution in [2.75, 3.05) is 43.9 Å². The Kier molecular flexibility index (Phi) is 6.23. The Hall–Kier alpha value is -3.00. The lowest BCUT2D eigenvalue weighted by Gasteiger charge is -2.36. The average Bonchev–Trinajstić information content (AvgIpc) is 3.18. The van der Waals surface area contributed by atoms with Crippen LogP contribution in [0.1, 0.15) is 0 Å². The summed E-state index contributed by atoms with van der Waals surface area (Å²) in [5, 5.41) is 9.30. The summed E-state index contributed by atoms with van der Waals surface area (Å²) in [6.07, 6.45) is 0. The van der Waals surface area contributed by atoms with Gasteiger partial charge in [0, 0.05) is 44.5 Å². The van der Waals surface area contributed by atoms with E-state index in [1.165, 1.54) is 17.4 Å². The predicted molar refractivity (Wildman–Crippen MR) is 119 cm³/mol. The molecule has 0 unspecified atom stereocenters. The third kappa shape index (κ3) is 4.43. The normalized spacial score (nSPS) is 14.1. The molecule has 1 saturated heterocycles. The first kappa shape index (κ1) is 20.3. The number of para-hydroxylation sites is 1. The third-order valence-corrected chi connectivity index (χ3v) is 6.27. The number of carbonyl (C=O) groups excluding carboxylic acids is 1. The highest BCUT2D eigenvalue weighted by Gasteiger charge is 2.22. The number of piperazine rings is 1. The van der Waals surface area contributed by atoms with Gasteiger partial charge in [-0.05, 0) is 36.4 Å². The monoisotopic (exact) mass is 423 g/mol. The Morgan fingerprint density at radius 3 is 2.37 bits per heavy atom. The second-order valence-electron chi connectivity index (χ2n) is 7.09. The van der Waals surface area contributed by atoms with E-state index in [0.29, 0.717) is 5.75 Å². The quantitative estimate of drug-likeness (QED) is 0.568. The van der Waals surface area contributed by atoms with Crippen molar-refractivity contribution in [3.63, 3.8) is 0 Å². The number of nitrogens with zero attached hydrogens (tertiary/aromatic N) is 5. The zero-order valence-electron chi connectivity index (χ0n) is 17.2. The van der Waals surface area contributed by atoms with Crippen LogP contribution in [-0.4, -0.2) is 64.6 Å². The van der Waals surface area contributed by atoms with Gasteiger partial charge < -0.3 is 19.1 Å². The van der Waals surface area contributed by atoms with Crippen LogP contribution >= 0.6 is 11.8 Å². The molecule has 1 amide bonds. The van der Waals surface area contributed by atoms with Crippen molar-refractivity contribution in [2.45, 2.75) is 5.16 Å². The second-order valence-corrected chi connectivity index (χ2v) is 8.03. The number of aromatic nitrogens is 3. The lowest BCUT2D eigenvalue weighted by molar-refractivity contribution is -0.128. The molecular formula is C22H25N5O2S. The summed E-state index contributed by atoms with van der Waals surface area (Å²) in [5.41, 5.74) is 2.17. The van der Waals surface area contributed by atoms with Crippen LogP contribution in [0.4, 0.5) is 5.69 Å². The zero-order valence-corrected chi connectivity index (χ0v) is 18.0. The molecule has 1 aromatic heterocycles. The molecule has 0 bridgehead atoms. The van der Waals surface area contributed by atoms with E-state index in [1.807, 2.05) is 59.0 Å². The molecule has 0 radical (unpaired) electrons. The molecule has 156 valence electrons. The minimum Gasteiger partial charge on any atom is -0.497 e. The molecule has 1 aliphatic heterocycles. The topological polar surface area (TPSA) is 63.5 Å². The molecule has 2 heterocycles. The predicted octanol–water partition coefficient (Wildman–Crippen LogP) is 2.93. The van der Waals surface area contributed by atoms with Crippen molar-refractivity contribution < 1.29 is 9.53 Å². The van der Waals surface area contributed by atoms with Crippen molar-refractivity contribution >= 4 is 23.4 Å². The standard InChI is InChI=1S/C22H25N5O2S/c1-25-21(17-8-10-19(29-2)11-9-17)23-24-22(25)30-16-20(28)27-14-12-26(13-15-27)18-6-4-3-5-7-18/h3-11H,12-16H2,1-2H3. The van der Waals surface area contributed by atoms with Crippen LogP contribution in [0.15, 0.2) is 59.8 Å². The maximum Gasteiger partial charge on any atom is 0.233 e. The summed E-state index contributed by atoms with van der Waals surface area (Å²) >= 11 is 1.43. The first-order valence-corrected chi connectivity index (χ1v) is 10.9. The molecule has 30 heavy (non-hydrogen) atoms. The van der Waals surface area contributed by atoms with Crippen LogP contribution in [0.25, 0.3) is 11.4 Å². The smallest absolute Gasteiger partial charge is 0.233 e. The van der Waals surface area contributed by atoms with Crippen LogP contribution in [-0.2, 0) is 11.8 Å². The lowest BCUT2D eigenvalue weighted by Crippen LogP contribution is -2.49. The van der Waals surface area contributed by atoms with Crippen molar-refractivity contribution in [2.24, 2.45) is 7.05 Å². The first-order valence-electron chi connectivity index (χ1n) is 9.90. The minimum absolute atomic E-state index is 0.140. The van der Waals surface area contributed by atoms with Crippen LogP contribution in [0, 0.1) is 0 Å². The van der Waals surface area contributed by atoms with Crippen LogP contribution < -0.4 is 9.64 Å². The molecule has 8 heteroatoms. The Bertz CT molecular complexity index is 983. The minimum atomic E-state index is 0.140. The van der Waals surface area contributed by atoms with E-state index in [0.717, 1.165) is 48.5 Å². The van der Waals surface area contributed by atoms with Gasteiger partial charge >= 0.3 is 0 Å². The van der Waals surface area contributed by atoms with Crippen LogP contribution in [0.3, 0.4) is 0 Å². The van der Waals surface area contributed by atoms with E-state index in [-0.39, 0.29) is 5.91 Å². The van der Waals surface area contributed by atoms with Gasteiger partial charge in [-0.3, -0.25) is 4.79 Å². The van der Waals surface area contributed by atoms with Gasteiger partial charge in [-0.1, -0.05) is 30.0 Å². The maximum absolute atomic E-state index is 12.7. The van der Waals surface area contributed by atoms with Gasteiger partial charge in [-0.15, -0.1) is 10.2 Å². The van der Waals surface area contributed by atoms with Gasteiger partial charge in [-0.25, -0.2) is 0 Å². The summed E-state index contributed by atoms with van der Waals surface area (Å²) in [5.74, 6) is 2.07. The number of hydrogen-bond acceptors (Lipinski definition) is 6. The molecule has 4 rings (SSSR count). The second kappa shape index (κ2) is 9.21. The molecule has 0 N–H and O–H groups in total. The molecule has 0 aliphatic carbocycles. The van der Waals surface area contributed by atoms with Crippen LogP contribution in [0.5, 0.6) is 5.75 Å². The van der Waals surface area contributed by atoms with E-state index in [2.05, 4.69) is 27.2 Å². The lowest BCUT2D eigenvalue weighted by atomic mass is 10.2. The van der Waals surface area contributed by atoms with Crippen molar-refractivity contribution in [1.82, 2.24) is 19.7 Å². The fourth-order valence-electron chi connectivity index (χ4n) is 3.50. The molecule has 1 aliphatic rings. The number of ether oxygens (including phenoxy) is 1. The van der Waals surface area contributed by atoms with E-state index in [9.17, 15) is 4.79 Å². The van der Waals surface area contributed by atoms with E-state index < -0.39 is 0 Å². The molecule has 0 atom stereocenters. The molecule has 7 nitrogen and oxygen atoms in total. The van der Waals surface area contributed by atoms with E-state index >= 15 is 0 Å². The number of carbonyl (C=O) groups is 1. The summed E-state index contributed by atoms with van der Waals surface area (Å²) in [6.45, 7) is 3.19. The highest BCUT2D eigenvalue weighted by atomic mass is 32.2. The first-order chi connectivity index (χ1) is 14.7. The average molecular weight is 424 g/mol. The fraction of sp³-hybridized carbons (Fsp3) is 0.318. The number of rotatable bonds is 6. The van der Waals surface area contributed by atoms with Crippen molar-refractivity contribution in [3.8, 4) is 17.1 Å². The van der Waals surface area contributed by atoms with Crippen LogP contribution in [0.2, 0.25) is 0 Å². The van der Waals surface area contributed by atoms with Gasteiger partial charge in [-0.2, -0.15) is 0 Å². The SMILES string of the molecule is COc1ccc(-c2nnc(SCC(=O)N3CCN(c4ccccc4)CC3)n2C)cc1. The number of anilines is 1. The summed E-state index contributed by atoms with van der Waals surface area (Å²) < 4.78 is 7.13. The van der Waals surface area contributed by atoms with Gasteiger partial charge in [0.25, 0.3) is 0 Å². The maximum atomic E-state index is 12.7. The number of amides is 1. The van der Waals surface area contributed by atoms with Crippen molar-refractivity contribution in [3.05, 3.63) is 54.6 Å². The number of hydrogen-bond donors (Lipinski definition) is 0. The largest absolute Gasteiger partial charge is 0.497 e. The third-order valence-electron chi connectivity index (χ3n) is 5.26. The molecule has 0 spiro atoms. The Labute approximate surface area is 180 Å². The number of thioether (sulfide) groups is 1. The highest BCUT2D eigenvalue weighted by molar-refractivity contribution is 7.99. The summed E-state index contributed by atoms with van der Waals surface area (Å²) in [4.78, 5) is 16.9. The summed E-state index contributed by atoms with van der Waals surface area (Å²) in [7, 11) is 3.57. The van der Waals surface area contributed by atoms with Crippen molar-refractivity contribution in [1.29, 1.82) is 0 Å². The highest BCUT2D eigenvalue weighted by Crippen LogP contribution is 2.25. The number of methoxy groups -OCH3 is 1. The zero-order chi connectivity index (χ0) is 20.9. The Balaban J connectivity index is 1.32. The molecule has 0 saturated carbocycles. The van der Waals surface area contributed by atoms with Gasteiger partial charge in [0.1, 0.15) is 5.75 Å². The van der Waals surface area contributed by atoms with Gasteiger partial charge in [0.2, 0.25) is 5.91 Å².